The number of nitrogens with zero attached hydrogens (tertiary/aromatic N) is 1. The number of hydrogen-bond acceptors (Lipinski definition) is 3. The van der Waals surface area contributed by atoms with Crippen LogP contribution < -0.4 is 0 Å². The van der Waals surface area contributed by atoms with Gasteiger partial charge >= 0.3 is 0 Å². The first-order chi connectivity index (χ1) is 8.84. The Hall–Kier alpha value is -0.230. The zero-order chi connectivity index (χ0) is 14.6. The molecule has 0 N–H and O–H groups in total. The van der Waals surface area contributed by atoms with E-state index in [4.69, 9.17) is 11.6 Å². The fraction of sp³-hybridized carbons (Fsp3) is 0.538. The lowest BCUT2D eigenvalue weighted by atomic mass is 10.1. The van der Waals surface area contributed by atoms with Gasteiger partial charge in [-0.1, -0.05) is 6.07 Å². The number of benzene rings is 1. The highest BCUT2D eigenvalue weighted by molar-refractivity contribution is 7.98. The first-order valence-corrected chi connectivity index (χ1v) is 9.32. The maximum absolute atomic E-state index is 12.5. The van der Waals surface area contributed by atoms with E-state index in [0.717, 1.165) is 22.4 Å². The largest absolute Gasteiger partial charge is 0.243 e. The molecule has 0 fully saturated rings. The number of rotatable bonds is 6. The van der Waals surface area contributed by atoms with E-state index in [2.05, 4.69) is 0 Å². The summed E-state index contributed by atoms with van der Waals surface area (Å²) in [6, 6.07) is 3.58. The van der Waals surface area contributed by atoms with Gasteiger partial charge < -0.3 is 0 Å². The Kier molecular flexibility index (Phi) is 6.17. The summed E-state index contributed by atoms with van der Waals surface area (Å²) in [6.07, 6.45) is 1.96. The number of thioether (sulfide) groups is 1. The van der Waals surface area contributed by atoms with Crippen molar-refractivity contribution in [2.45, 2.75) is 24.6 Å². The first-order valence-electron chi connectivity index (χ1n) is 5.96. The van der Waals surface area contributed by atoms with Crippen molar-refractivity contribution in [3.05, 3.63) is 28.8 Å². The van der Waals surface area contributed by atoms with Crippen LogP contribution >= 0.6 is 23.4 Å². The highest BCUT2D eigenvalue weighted by Gasteiger charge is 2.23. The lowest BCUT2D eigenvalue weighted by molar-refractivity contribution is 0.488. The van der Waals surface area contributed by atoms with Gasteiger partial charge in [-0.25, -0.2) is 12.7 Å². The van der Waals surface area contributed by atoms with Crippen molar-refractivity contribution in [2.24, 2.45) is 0 Å². The highest BCUT2D eigenvalue weighted by Crippen LogP contribution is 2.24. The fourth-order valence-electron chi connectivity index (χ4n) is 1.80. The molecule has 0 atom stereocenters. The predicted octanol–water partition coefficient (Wildman–Crippen LogP) is 3.03. The van der Waals surface area contributed by atoms with Gasteiger partial charge in [-0.05, 0) is 42.9 Å². The van der Waals surface area contributed by atoms with Crippen LogP contribution in [0.2, 0.25) is 0 Å². The summed E-state index contributed by atoms with van der Waals surface area (Å²) >= 11 is 7.49. The molecule has 0 saturated heterocycles. The molecule has 0 unspecified atom stereocenters. The molecule has 0 aromatic heterocycles. The molecule has 3 nitrogen and oxygen atoms in total. The van der Waals surface area contributed by atoms with Crippen molar-refractivity contribution >= 4 is 33.4 Å². The molecule has 0 aliphatic rings. The smallest absolute Gasteiger partial charge is 0.207 e. The normalized spacial score (nSPS) is 12.1. The molecule has 0 saturated carbocycles. The van der Waals surface area contributed by atoms with Crippen molar-refractivity contribution in [1.29, 1.82) is 0 Å². The molecule has 108 valence electrons. The second-order valence-corrected chi connectivity index (χ2v) is 7.76. The van der Waals surface area contributed by atoms with Crippen LogP contribution in [0.3, 0.4) is 0 Å². The molecule has 0 heterocycles. The fourth-order valence-corrected chi connectivity index (χ4v) is 4.09. The van der Waals surface area contributed by atoms with Gasteiger partial charge in [0.05, 0.1) is 4.90 Å². The van der Waals surface area contributed by atoms with E-state index in [1.807, 2.05) is 26.2 Å². The van der Waals surface area contributed by atoms with Gasteiger partial charge in [0.25, 0.3) is 0 Å². The second kappa shape index (κ2) is 6.97. The van der Waals surface area contributed by atoms with Gasteiger partial charge in [0, 0.05) is 25.2 Å². The molecule has 0 amide bonds. The predicted molar refractivity (Wildman–Crippen MR) is 83.7 cm³/mol. The Morgan fingerprint density at radius 2 is 1.89 bits per heavy atom. The Balaban J connectivity index is 3.21. The standard InChI is InChI=1S/C13H20ClNO2S2/c1-10-7-11(2)13(8-12(10)9-14)19(16,17)15(3)5-6-18-4/h7-8H,5-6,9H2,1-4H3. The average molecular weight is 322 g/mol. The monoisotopic (exact) mass is 321 g/mol. The summed E-state index contributed by atoms with van der Waals surface area (Å²) < 4.78 is 26.4. The quantitative estimate of drug-likeness (QED) is 0.756. The van der Waals surface area contributed by atoms with Crippen molar-refractivity contribution in [3.63, 3.8) is 0 Å². The Morgan fingerprint density at radius 3 is 2.42 bits per heavy atom. The van der Waals surface area contributed by atoms with Gasteiger partial charge in [-0.3, -0.25) is 0 Å². The average Bonchev–Trinajstić information content (AvgIpc) is 2.35. The first kappa shape index (κ1) is 16.8. The van der Waals surface area contributed by atoms with E-state index < -0.39 is 10.0 Å². The number of alkyl halides is 1. The van der Waals surface area contributed by atoms with Crippen LogP contribution in [0.1, 0.15) is 16.7 Å². The SMILES string of the molecule is CSCCN(C)S(=O)(=O)c1cc(CCl)c(C)cc1C. The van der Waals surface area contributed by atoms with Crippen molar-refractivity contribution in [3.8, 4) is 0 Å². The van der Waals surface area contributed by atoms with Crippen LogP contribution in [0.15, 0.2) is 17.0 Å². The molecule has 19 heavy (non-hydrogen) atoms. The van der Waals surface area contributed by atoms with Gasteiger partial charge in [0.15, 0.2) is 0 Å². The summed E-state index contributed by atoms with van der Waals surface area (Å²) in [5.41, 5.74) is 2.66. The Morgan fingerprint density at radius 1 is 1.26 bits per heavy atom. The summed E-state index contributed by atoms with van der Waals surface area (Å²) in [6.45, 7) is 4.27. The summed E-state index contributed by atoms with van der Waals surface area (Å²) in [5, 5.41) is 0. The minimum Gasteiger partial charge on any atom is -0.207 e. The molecule has 1 rings (SSSR count). The highest BCUT2D eigenvalue weighted by atomic mass is 35.5. The third kappa shape index (κ3) is 3.88. The molecule has 0 aliphatic carbocycles. The van der Waals surface area contributed by atoms with E-state index >= 15 is 0 Å². The molecular formula is C13H20ClNO2S2. The van der Waals surface area contributed by atoms with Gasteiger partial charge in [0.1, 0.15) is 0 Å². The van der Waals surface area contributed by atoms with Crippen molar-refractivity contribution < 1.29 is 8.42 Å². The molecule has 0 spiro atoms. The number of aryl methyl sites for hydroxylation is 2. The zero-order valence-corrected chi connectivity index (χ0v) is 14.1. The summed E-state index contributed by atoms with van der Waals surface area (Å²) in [4.78, 5) is 0.359. The van der Waals surface area contributed by atoms with Crippen molar-refractivity contribution in [1.82, 2.24) is 4.31 Å². The number of halogens is 1. The van der Waals surface area contributed by atoms with Gasteiger partial charge in [-0.2, -0.15) is 11.8 Å². The minimum atomic E-state index is -3.43. The summed E-state index contributed by atoms with van der Waals surface area (Å²) in [7, 11) is -1.81. The van der Waals surface area contributed by atoms with Crippen LogP contribution in [-0.2, 0) is 15.9 Å². The molecule has 0 bridgehead atoms. The van der Waals surface area contributed by atoms with E-state index in [1.54, 1.807) is 24.9 Å². The Labute approximate surface area is 125 Å². The molecule has 1 aromatic carbocycles. The maximum Gasteiger partial charge on any atom is 0.243 e. The third-order valence-electron chi connectivity index (χ3n) is 3.08. The minimum absolute atomic E-state index is 0.323. The molecule has 0 aliphatic heterocycles. The third-order valence-corrected chi connectivity index (χ3v) is 5.95. The lowest BCUT2D eigenvalue weighted by Gasteiger charge is -2.19. The van der Waals surface area contributed by atoms with Crippen LogP contribution in [-0.4, -0.2) is 38.3 Å². The van der Waals surface area contributed by atoms with Gasteiger partial charge in [-0.15, -0.1) is 11.6 Å². The molecule has 1 aromatic rings. The zero-order valence-electron chi connectivity index (χ0n) is 11.7. The number of hydrogen-bond donors (Lipinski definition) is 0. The molecular weight excluding hydrogens is 302 g/mol. The van der Waals surface area contributed by atoms with E-state index in [-0.39, 0.29) is 0 Å². The maximum atomic E-state index is 12.5. The van der Waals surface area contributed by atoms with Crippen LogP contribution in [0, 0.1) is 13.8 Å². The topological polar surface area (TPSA) is 37.4 Å². The summed E-state index contributed by atoms with van der Waals surface area (Å²) in [5.74, 6) is 1.10. The molecule has 6 heteroatoms. The lowest BCUT2D eigenvalue weighted by Crippen LogP contribution is -2.29. The van der Waals surface area contributed by atoms with E-state index in [9.17, 15) is 8.42 Å². The molecule has 0 radical (unpaired) electrons. The van der Waals surface area contributed by atoms with Crippen molar-refractivity contribution in [2.75, 3.05) is 25.6 Å². The van der Waals surface area contributed by atoms with Crippen LogP contribution in [0.25, 0.3) is 0 Å². The second-order valence-electron chi connectivity index (χ2n) is 4.50. The van der Waals surface area contributed by atoms with Gasteiger partial charge in [0.2, 0.25) is 10.0 Å². The van der Waals surface area contributed by atoms with E-state index in [0.29, 0.717) is 17.3 Å². The number of sulfonamides is 1. The van der Waals surface area contributed by atoms with Crippen LogP contribution in [0.5, 0.6) is 0 Å². The van der Waals surface area contributed by atoms with Crippen LogP contribution in [0.4, 0.5) is 0 Å². The Bertz CT molecular complexity index is 544. The van der Waals surface area contributed by atoms with E-state index in [1.165, 1.54) is 4.31 Å².